The Labute approximate surface area is 83.3 Å². The first kappa shape index (κ1) is 9.46. The van der Waals surface area contributed by atoms with E-state index in [1.807, 2.05) is 0 Å². The summed E-state index contributed by atoms with van der Waals surface area (Å²) in [6.45, 7) is -0.0706. The van der Waals surface area contributed by atoms with Gasteiger partial charge in [0.1, 0.15) is 5.69 Å². The van der Waals surface area contributed by atoms with Gasteiger partial charge in [-0.15, -0.1) is 5.10 Å². The summed E-state index contributed by atoms with van der Waals surface area (Å²) in [6, 6.07) is 0. The minimum atomic E-state index is -1.16. The summed E-state index contributed by atoms with van der Waals surface area (Å²) in [5.74, 6) is -0.754. The standard InChI is InChI=1S/C7H9N5O3/c8-4-5(7(14)15)11-12-6(4)9-3(10-12)1-2-13/h11,13H,1-2,8H2,(H,14,15). The summed E-state index contributed by atoms with van der Waals surface area (Å²) < 4.78 is 1.18. The van der Waals surface area contributed by atoms with Gasteiger partial charge in [0.2, 0.25) is 0 Å². The van der Waals surface area contributed by atoms with E-state index in [-0.39, 0.29) is 23.6 Å². The quantitative estimate of drug-likeness (QED) is 0.508. The van der Waals surface area contributed by atoms with E-state index in [0.717, 1.165) is 0 Å². The van der Waals surface area contributed by atoms with Crippen LogP contribution >= 0.6 is 0 Å². The van der Waals surface area contributed by atoms with Crippen LogP contribution in [0.15, 0.2) is 0 Å². The summed E-state index contributed by atoms with van der Waals surface area (Å²) in [5.41, 5.74) is 5.71. The number of aromatic amines is 1. The molecule has 2 aromatic heterocycles. The third kappa shape index (κ3) is 1.40. The topological polar surface area (TPSA) is 130 Å². The number of fused-ring (bicyclic) bond motifs is 1. The fourth-order valence-electron chi connectivity index (χ4n) is 1.25. The van der Waals surface area contributed by atoms with Crippen LogP contribution in [0.4, 0.5) is 5.69 Å². The molecule has 15 heavy (non-hydrogen) atoms. The second kappa shape index (κ2) is 3.24. The van der Waals surface area contributed by atoms with Crippen molar-refractivity contribution < 1.29 is 15.0 Å². The lowest BCUT2D eigenvalue weighted by molar-refractivity contribution is 0.0691. The molecule has 0 aliphatic heterocycles. The molecular formula is C7H9N5O3. The van der Waals surface area contributed by atoms with Gasteiger partial charge in [0.15, 0.2) is 17.2 Å². The van der Waals surface area contributed by atoms with Gasteiger partial charge in [0.25, 0.3) is 0 Å². The van der Waals surface area contributed by atoms with E-state index in [1.54, 1.807) is 0 Å². The molecule has 2 heterocycles. The maximum Gasteiger partial charge on any atom is 0.356 e. The van der Waals surface area contributed by atoms with Gasteiger partial charge in [-0.25, -0.2) is 9.78 Å². The van der Waals surface area contributed by atoms with E-state index in [4.69, 9.17) is 15.9 Å². The zero-order valence-electron chi connectivity index (χ0n) is 7.64. The van der Waals surface area contributed by atoms with Gasteiger partial charge in [-0.3, -0.25) is 5.10 Å². The van der Waals surface area contributed by atoms with Gasteiger partial charge in [-0.2, -0.15) is 4.63 Å². The zero-order valence-corrected chi connectivity index (χ0v) is 7.64. The third-order valence-corrected chi connectivity index (χ3v) is 1.93. The van der Waals surface area contributed by atoms with Crippen LogP contribution in [-0.4, -0.2) is 42.6 Å². The molecule has 80 valence electrons. The number of carbonyl (C=O) groups is 1. The Hall–Kier alpha value is -2.09. The molecule has 8 heteroatoms. The van der Waals surface area contributed by atoms with E-state index < -0.39 is 5.97 Å². The number of hydrogen-bond donors (Lipinski definition) is 4. The summed E-state index contributed by atoms with van der Waals surface area (Å²) in [6.07, 6.45) is 0.303. The molecule has 2 rings (SSSR count). The first-order valence-electron chi connectivity index (χ1n) is 4.20. The maximum atomic E-state index is 10.7. The number of aliphatic hydroxyl groups is 1. The fourth-order valence-corrected chi connectivity index (χ4v) is 1.25. The van der Waals surface area contributed by atoms with Crippen molar-refractivity contribution in [3.05, 3.63) is 11.5 Å². The summed E-state index contributed by atoms with van der Waals surface area (Å²) in [4.78, 5) is 14.7. The number of aliphatic hydroxyl groups excluding tert-OH is 1. The number of nitrogens with one attached hydrogen (secondary N) is 1. The van der Waals surface area contributed by atoms with Crippen LogP contribution in [0.2, 0.25) is 0 Å². The Bertz CT molecular complexity index is 514. The second-order valence-corrected chi connectivity index (χ2v) is 2.94. The molecule has 0 saturated heterocycles. The van der Waals surface area contributed by atoms with Crippen molar-refractivity contribution in [3.63, 3.8) is 0 Å². The van der Waals surface area contributed by atoms with Crippen molar-refractivity contribution in [2.24, 2.45) is 0 Å². The van der Waals surface area contributed by atoms with Crippen LogP contribution in [0.25, 0.3) is 5.65 Å². The number of anilines is 1. The predicted molar refractivity (Wildman–Crippen MR) is 49.5 cm³/mol. The summed E-state index contributed by atoms with van der Waals surface area (Å²) in [5, 5.41) is 23.8. The minimum Gasteiger partial charge on any atom is -0.476 e. The predicted octanol–water partition coefficient (Wildman–Crippen LogP) is -1.13. The normalized spacial score (nSPS) is 11.0. The molecule has 0 amide bonds. The number of aromatic carboxylic acids is 1. The highest BCUT2D eigenvalue weighted by Crippen LogP contribution is 2.16. The molecule has 0 fully saturated rings. The molecule has 0 saturated carbocycles. The third-order valence-electron chi connectivity index (χ3n) is 1.93. The van der Waals surface area contributed by atoms with Crippen LogP contribution in [0.3, 0.4) is 0 Å². The molecule has 0 atom stereocenters. The largest absolute Gasteiger partial charge is 0.476 e. The lowest BCUT2D eigenvalue weighted by Gasteiger charge is -1.89. The molecule has 5 N–H and O–H groups in total. The Kier molecular flexibility index (Phi) is 2.05. The first-order valence-corrected chi connectivity index (χ1v) is 4.20. The van der Waals surface area contributed by atoms with Gasteiger partial charge < -0.3 is 15.9 Å². The smallest absolute Gasteiger partial charge is 0.356 e. The molecule has 0 bridgehead atoms. The van der Waals surface area contributed by atoms with Gasteiger partial charge in [0.05, 0.1) is 6.61 Å². The van der Waals surface area contributed by atoms with Gasteiger partial charge in [0, 0.05) is 6.42 Å². The highest BCUT2D eigenvalue weighted by Gasteiger charge is 2.17. The first-order chi connectivity index (χ1) is 7.13. The molecule has 0 unspecified atom stereocenters. The molecule has 0 aromatic carbocycles. The van der Waals surface area contributed by atoms with Gasteiger partial charge in [-0.05, 0) is 0 Å². The van der Waals surface area contributed by atoms with Crippen LogP contribution in [0, 0.1) is 0 Å². The molecule has 2 aromatic rings. The molecular weight excluding hydrogens is 202 g/mol. The number of carboxylic acids is 1. The van der Waals surface area contributed by atoms with Gasteiger partial charge >= 0.3 is 5.97 Å². The lowest BCUT2D eigenvalue weighted by Crippen LogP contribution is -2.03. The number of nitrogens with zero attached hydrogens (tertiary/aromatic N) is 3. The van der Waals surface area contributed by atoms with Crippen molar-refractivity contribution in [1.29, 1.82) is 0 Å². The average molecular weight is 211 g/mol. The monoisotopic (exact) mass is 211 g/mol. The molecule has 0 aliphatic carbocycles. The summed E-state index contributed by atoms with van der Waals surface area (Å²) >= 11 is 0. The van der Waals surface area contributed by atoms with Crippen molar-refractivity contribution in [1.82, 2.24) is 19.8 Å². The van der Waals surface area contributed by atoms with Crippen LogP contribution in [-0.2, 0) is 6.42 Å². The Morgan fingerprint density at radius 3 is 2.87 bits per heavy atom. The highest BCUT2D eigenvalue weighted by molar-refractivity contribution is 5.95. The Balaban J connectivity index is 2.52. The average Bonchev–Trinajstić information content (AvgIpc) is 2.67. The van der Waals surface area contributed by atoms with Gasteiger partial charge in [-0.1, -0.05) is 0 Å². The zero-order chi connectivity index (χ0) is 11.0. The van der Waals surface area contributed by atoms with Crippen LogP contribution in [0.1, 0.15) is 16.3 Å². The molecule has 0 spiro atoms. The number of H-pyrrole nitrogens is 1. The fraction of sp³-hybridized carbons (Fsp3) is 0.286. The van der Waals surface area contributed by atoms with Crippen molar-refractivity contribution >= 4 is 17.3 Å². The molecule has 0 aliphatic rings. The van der Waals surface area contributed by atoms with E-state index in [2.05, 4.69) is 15.2 Å². The maximum absolute atomic E-state index is 10.7. The van der Waals surface area contributed by atoms with Crippen LogP contribution in [0.5, 0.6) is 0 Å². The van der Waals surface area contributed by atoms with E-state index in [1.165, 1.54) is 4.63 Å². The van der Waals surface area contributed by atoms with E-state index >= 15 is 0 Å². The van der Waals surface area contributed by atoms with E-state index in [0.29, 0.717) is 12.2 Å². The second-order valence-electron chi connectivity index (χ2n) is 2.94. The number of nitrogen functional groups attached to an aromatic ring is 1. The Morgan fingerprint density at radius 2 is 2.33 bits per heavy atom. The van der Waals surface area contributed by atoms with Crippen molar-refractivity contribution in [2.45, 2.75) is 6.42 Å². The van der Waals surface area contributed by atoms with Crippen LogP contribution < -0.4 is 5.73 Å². The number of aromatic nitrogens is 4. The SMILES string of the molecule is Nc1c(C(=O)O)[nH]n2nc(CCO)nc12. The highest BCUT2D eigenvalue weighted by atomic mass is 16.4. The number of rotatable bonds is 3. The van der Waals surface area contributed by atoms with E-state index in [9.17, 15) is 4.79 Å². The summed E-state index contributed by atoms with van der Waals surface area (Å²) in [7, 11) is 0. The number of nitrogens with two attached hydrogens (primary N) is 1. The Morgan fingerprint density at radius 1 is 1.60 bits per heavy atom. The number of hydrogen-bond acceptors (Lipinski definition) is 5. The molecule has 0 radical (unpaired) electrons. The number of carboxylic acid groups (broad SMARTS) is 1. The minimum absolute atomic E-state index is 0.0409. The lowest BCUT2D eigenvalue weighted by atomic mass is 10.4. The van der Waals surface area contributed by atoms with Crippen molar-refractivity contribution in [2.75, 3.05) is 12.3 Å². The molecule has 8 nitrogen and oxygen atoms in total. The van der Waals surface area contributed by atoms with Crippen molar-refractivity contribution in [3.8, 4) is 0 Å².